The molecule has 0 saturated carbocycles. The summed E-state index contributed by atoms with van der Waals surface area (Å²) in [5.41, 5.74) is 1.51. The lowest BCUT2D eigenvalue weighted by Gasteiger charge is -2.32. The van der Waals surface area contributed by atoms with Crippen molar-refractivity contribution < 1.29 is 0 Å². The number of nitrogens with zero attached hydrogens (tertiary/aromatic N) is 2. The van der Waals surface area contributed by atoms with Crippen LogP contribution in [0.15, 0.2) is 28.7 Å². The molecule has 2 nitrogen and oxygen atoms in total. The average molecular weight is 311 g/mol. The third kappa shape index (κ3) is 4.08. The van der Waals surface area contributed by atoms with Gasteiger partial charge in [-0.1, -0.05) is 28.1 Å². The molecular formula is C15H23BrN2. The van der Waals surface area contributed by atoms with E-state index < -0.39 is 0 Å². The van der Waals surface area contributed by atoms with Crippen molar-refractivity contribution in [2.45, 2.75) is 18.8 Å². The van der Waals surface area contributed by atoms with Crippen LogP contribution in [0.3, 0.4) is 0 Å². The summed E-state index contributed by atoms with van der Waals surface area (Å²) < 4.78 is 1.18. The second kappa shape index (κ2) is 6.69. The zero-order valence-corrected chi connectivity index (χ0v) is 13.0. The van der Waals surface area contributed by atoms with Crippen molar-refractivity contribution in [3.63, 3.8) is 0 Å². The highest BCUT2D eigenvalue weighted by Gasteiger charge is 2.20. The number of rotatable bonds is 4. The number of likely N-dealkylation sites (tertiary alicyclic amines) is 1. The zero-order valence-electron chi connectivity index (χ0n) is 11.4. The van der Waals surface area contributed by atoms with Gasteiger partial charge in [0, 0.05) is 17.6 Å². The van der Waals surface area contributed by atoms with Gasteiger partial charge >= 0.3 is 0 Å². The Kier molecular flexibility index (Phi) is 5.22. The minimum absolute atomic E-state index is 0.758. The standard InChI is InChI=1S/C15H23BrN2/c1-17(2)11-12-18-9-7-14(8-10-18)13-3-5-15(16)6-4-13/h3-6,14H,7-12H2,1-2H3. The summed E-state index contributed by atoms with van der Waals surface area (Å²) >= 11 is 3.50. The number of likely N-dealkylation sites (N-methyl/N-ethyl adjacent to an activating group) is 1. The Balaban J connectivity index is 1.81. The summed E-state index contributed by atoms with van der Waals surface area (Å²) in [7, 11) is 4.29. The van der Waals surface area contributed by atoms with Crippen LogP contribution in [0.25, 0.3) is 0 Å². The fourth-order valence-electron chi connectivity index (χ4n) is 2.57. The predicted octanol–water partition coefficient (Wildman–Crippen LogP) is 3.19. The average Bonchev–Trinajstić information content (AvgIpc) is 2.38. The smallest absolute Gasteiger partial charge is 0.0175 e. The van der Waals surface area contributed by atoms with Gasteiger partial charge in [-0.15, -0.1) is 0 Å². The first kappa shape index (κ1) is 14.0. The Morgan fingerprint density at radius 2 is 1.78 bits per heavy atom. The first-order chi connectivity index (χ1) is 8.65. The van der Waals surface area contributed by atoms with Gasteiger partial charge in [-0.2, -0.15) is 0 Å². The molecule has 0 radical (unpaired) electrons. The van der Waals surface area contributed by atoms with Gasteiger partial charge in [0.2, 0.25) is 0 Å². The number of halogens is 1. The van der Waals surface area contributed by atoms with E-state index in [4.69, 9.17) is 0 Å². The van der Waals surface area contributed by atoms with Crippen molar-refractivity contribution in [3.8, 4) is 0 Å². The maximum atomic E-state index is 3.50. The molecule has 1 aromatic rings. The second-order valence-corrected chi connectivity index (χ2v) is 6.39. The van der Waals surface area contributed by atoms with E-state index in [0.717, 1.165) is 5.92 Å². The lowest BCUT2D eigenvalue weighted by atomic mass is 9.89. The Labute approximate surface area is 119 Å². The Morgan fingerprint density at radius 1 is 1.17 bits per heavy atom. The quantitative estimate of drug-likeness (QED) is 0.842. The van der Waals surface area contributed by atoms with Gasteiger partial charge in [0.05, 0.1) is 0 Å². The van der Waals surface area contributed by atoms with Gasteiger partial charge in [0.25, 0.3) is 0 Å². The molecule has 1 aliphatic rings. The monoisotopic (exact) mass is 310 g/mol. The third-order valence-electron chi connectivity index (χ3n) is 3.79. The minimum atomic E-state index is 0.758. The van der Waals surface area contributed by atoms with Gasteiger partial charge < -0.3 is 9.80 Å². The first-order valence-electron chi connectivity index (χ1n) is 6.77. The lowest BCUT2D eigenvalue weighted by Crippen LogP contribution is -2.37. The molecule has 18 heavy (non-hydrogen) atoms. The number of piperidine rings is 1. The molecule has 0 bridgehead atoms. The van der Waals surface area contributed by atoms with Crippen molar-refractivity contribution in [1.82, 2.24) is 9.80 Å². The summed E-state index contributed by atoms with van der Waals surface area (Å²) in [6.45, 7) is 4.87. The van der Waals surface area contributed by atoms with Gasteiger partial charge in [-0.3, -0.25) is 0 Å². The molecule has 1 saturated heterocycles. The summed E-state index contributed by atoms with van der Waals surface area (Å²) in [6.07, 6.45) is 2.60. The number of hydrogen-bond acceptors (Lipinski definition) is 2. The number of hydrogen-bond donors (Lipinski definition) is 0. The summed E-state index contributed by atoms with van der Waals surface area (Å²) in [4.78, 5) is 4.86. The minimum Gasteiger partial charge on any atom is -0.308 e. The van der Waals surface area contributed by atoms with Crippen LogP contribution >= 0.6 is 15.9 Å². The van der Waals surface area contributed by atoms with Gasteiger partial charge in [0.1, 0.15) is 0 Å². The fourth-order valence-corrected chi connectivity index (χ4v) is 2.83. The van der Waals surface area contributed by atoms with Crippen LogP contribution in [-0.2, 0) is 0 Å². The van der Waals surface area contributed by atoms with Crippen LogP contribution in [0.1, 0.15) is 24.3 Å². The van der Waals surface area contributed by atoms with Gasteiger partial charge in [-0.25, -0.2) is 0 Å². The third-order valence-corrected chi connectivity index (χ3v) is 4.32. The van der Waals surface area contributed by atoms with E-state index in [-0.39, 0.29) is 0 Å². The molecule has 0 N–H and O–H groups in total. The van der Waals surface area contributed by atoms with E-state index in [1.54, 1.807) is 0 Å². The van der Waals surface area contributed by atoms with E-state index in [9.17, 15) is 0 Å². The van der Waals surface area contributed by atoms with Crippen molar-refractivity contribution >= 4 is 15.9 Å². The van der Waals surface area contributed by atoms with Crippen molar-refractivity contribution in [1.29, 1.82) is 0 Å². The molecule has 1 aliphatic heterocycles. The van der Waals surface area contributed by atoms with Crippen LogP contribution < -0.4 is 0 Å². The number of benzene rings is 1. The Bertz CT molecular complexity index is 353. The fraction of sp³-hybridized carbons (Fsp3) is 0.600. The summed E-state index contributed by atoms with van der Waals surface area (Å²) in [6, 6.07) is 8.86. The predicted molar refractivity (Wildman–Crippen MR) is 81.1 cm³/mol. The Morgan fingerprint density at radius 3 is 2.33 bits per heavy atom. The molecule has 2 rings (SSSR count). The highest BCUT2D eigenvalue weighted by Crippen LogP contribution is 2.28. The zero-order chi connectivity index (χ0) is 13.0. The van der Waals surface area contributed by atoms with E-state index >= 15 is 0 Å². The molecule has 0 aliphatic carbocycles. The molecule has 0 atom stereocenters. The molecule has 100 valence electrons. The SMILES string of the molecule is CN(C)CCN1CCC(c2ccc(Br)cc2)CC1. The molecule has 0 spiro atoms. The molecule has 3 heteroatoms. The van der Waals surface area contributed by atoms with E-state index in [1.807, 2.05) is 0 Å². The molecule has 0 unspecified atom stereocenters. The van der Waals surface area contributed by atoms with Crippen LogP contribution in [0, 0.1) is 0 Å². The summed E-state index contributed by atoms with van der Waals surface area (Å²) in [5, 5.41) is 0. The van der Waals surface area contributed by atoms with Crippen LogP contribution in [0.2, 0.25) is 0 Å². The van der Waals surface area contributed by atoms with Crippen molar-refractivity contribution in [3.05, 3.63) is 34.3 Å². The Hall–Kier alpha value is -0.380. The van der Waals surface area contributed by atoms with Crippen LogP contribution in [0.4, 0.5) is 0 Å². The molecule has 0 amide bonds. The van der Waals surface area contributed by atoms with Crippen molar-refractivity contribution in [2.24, 2.45) is 0 Å². The van der Waals surface area contributed by atoms with Crippen LogP contribution in [-0.4, -0.2) is 50.1 Å². The molecule has 1 aromatic carbocycles. The molecule has 0 aromatic heterocycles. The maximum Gasteiger partial charge on any atom is 0.0175 e. The van der Waals surface area contributed by atoms with E-state index in [0.29, 0.717) is 0 Å². The maximum absolute atomic E-state index is 3.50. The first-order valence-corrected chi connectivity index (χ1v) is 7.57. The highest BCUT2D eigenvalue weighted by molar-refractivity contribution is 9.10. The van der Waals surface area contributed by atoms with E-state index in [1.165, 1.54) is 49.1 Å². The van der Waals surface area contributed by atoms with Gasteiger partial charge in [-0.05, 0) is 63.6 Å². The van der Waals surface area contributed by atoms with Crippen molar-refractivity contribution in [2.75, 3.05) is 40.3 Å². The largest absolute Gasteiger partial charge is 0.308 e. The topological polar surface area (TPSA) is 6.48 Å². The summed E-state index contributed by atoms with van der Waals surface area (Å²) in [5.74, 6) is 0.758. The van der Waals surface area contributed by atoms with Gasteiger partial charge in [0.15, 0.2) is 0 Å². The molecule has 1 heterocycles. The molecular weight excluding hydrogens is 288 g/mol. The normalized spacial score (nSPS) is 18.4. The second-order valence-electron chi connectivity index (χ2n) is 5.47. The van der Waals surface area contributed by atoms with Crippen LogP contribution in [0.5, 0.6) is 0 Å². The lowest BCUT2D eigenvalue weighted by molar-refractivity contribution is 0.194. The van der Waals surface area contributed by atoms with E-state index in [2.05, 4.69) is 64.1 Å². The molecule has 1 fully saturated rings. The highest BCUT2D eigenvalue weighted by atomic mass is 79.9.